The number of aromatic nitrogens is 2. The maximum absolute atomic E-state index is 6.10. The summed E-state index contributed by atoms with van der Waals surface area (Å²) in [6.45, 7) is 2.00. The molecule has 18 heavy (non-hydrogen) atoms. The first kappa shape index (κ1) is 13.2. The van der Waals surface area contributed by atoms with Gasteiger partial charge in [-0.2, -0.15) is 5.10 Å². The van der Waals surface area contributed by atoms with Crippen LogP contribution in [0.4, 0.5) is 5.69 Å². The van der Waals surface area contributed by atoms with Crippen LogP contribution in [0, 0.1) is 0 Å². The third kappa shape index (κ3) is 2.47. The lowest BCUT2D eigenvalue weighted by Crippen LogP contribution is -1.97. The van der Waals surface area contributed by atoms with Crippen LogP contribution in [-0.4, -0.2) is 9.78 Å². The lowest BCUT2D eigenvalue weighted by atomic mass is 10.3. The highest BCUT2D eigenvalue weighted by atomic mass is 79.9. The molecule has 0 radical (unpaired) electrons. The van der Waals surface area contributed by atoms with Crippen LogP contribution in [0.5, 0.6) is 11.6 Å². The maximum Gasteiger partial charge on any atom is 0.241 e. The lowest BCUT2D eigenvalue weighted by Gasteiger charge is -2.08. The minimum atomic E-state index is 0.510. The number of hydrogen-bond donors (Lipinski definition) is 1. The van der Waals surface area contributed by atoms with E-state index < -0.39 is 0 Å². The highest BCUT2D eigenvalue weighted by Crippen LogP contribution is 2.35. The fraction of sp³-hybridized carbons (Fsp3) is 0.250. The number of hydrogen-bond acceptors (Lipinski definition) is 3. The molecule has 0 saturated heterocycles. The highest BCUT2D eigenvalue weighted by molar-refractivity contribution is 9.10. The quantitative estimate of drug-likeness (QED) is 0.932. The van der Waals surface area contributed by atoms with Gasteiger partial charge in [0.25, 0.3) is 0 Å². The number of rotatable bonds is 3. The van der Waals surface area contributed by atoms with Crippen molar-refractivity contribution in [2.45, 2.75) is 13.3 Å². The van der Waals surface area contributed by atoms with Crippen LogP contribution in [0.15, 0.2) is 22.7 Å². The summed E-state index contributed by atoms with van der Waals surface area (Å²) < 4.78 is 8.24. The van der Waals surface area contributed by atoms with Crippen molar-refractivity contribution in [1.29, 1.82) is 0 Å². The van der Waals surface area contributed by atoms with Gasteiger partial charge in [-0.25, -0.2) is 4.68 Å². The molecule has 1 aromatic carbocycles. The normalized spacial score (nSPS) is 10.7. The zero-order chi connectivity index (χ0) is 13.3. The summed E-state index contributed by atoms with van der Waals surface area (Å²) in [6.07, 6.45) is 0.761. The molecule has 0 amide bonds. The summed E-state index contributed by atoms with van der Waals surface area (Å²) >= 11 is 9.44. The monoisotopic (exact) mass is 329 g/mol. The fourth-order valence-corrected chi connectivity index (χ4v) is 2.33. The van der Waals surface area contributed by atoms with Gasteiger partial charge >= 0.3 is 0 Å². The van der Waals surface area contributed by atoms with E-state index in [4.69, 9.17) is 22.1 Å². The Balaban J connectivity index is 2.37. The van der Waals surface area contributed by atoms with E-state index in [0.717, 1.165) is 16.6 Å². The summed E-state index contributed by atoms with van der Waals surface area (Å²) in [5.41, 5.74) is 7.36. The molecule has 2 rings (SSSR count). The first-order valence-electron chi connectivity index (χ1n) is 5.47. The average molecular weight is 331 g/mol. The van der Waals surface area contributed by atoms with Crippen molar-refractivity contribution >= 4 is 33.2 Å². The molecule has 0 aliphatic rings. The van der Waals surface area contributed by atoms with E-state index in [2.05, 4.69) is 21.0 Å². The average Bonchev–Trinajstić information content (AvgIpc) is 2.59. The Morgan fingerprint density at radius 3 is 2.78 bits per heavy atom. The Kier molecular flexibility index (Phi) is 3.82. The Hall–Kier alpha value is -1.20. The molecular weight excluding hydrogens is 318 g/mol. The Morgan fingerprint density at radius 1 is 1.50 bits per heavy atom. The summed E-state index contributed by atoms with van der Waals surface area (Å²) in [6, 6.07) is 5.41. The topological polar surface area (TPSA) is 53.1 Å². The molecule has 1 aromatic heterocycles. The summed E-state index contributed by atoms with van der Waals surface area (Å²) in [5.74, 6) is 1.06. The molecule has 0 aliphatic heterocycles. The van der Waals surface area contributed by atoms with Gasteiger partial charge in [-0.1, -0.05) is 34.5 Å². The molecular formula is C12H13BrClN3O. The molecule has 6 heteroatoms. The van der Waals surface area contributed by atoms with Gasteiger partial charge in [0.15, 0.2) is 0 Å². The number of ether oxygens (including phenoxy) is 1. The molecule has 0 spiro atoms. The summed E-state index contributed by atoms with van der Waals surface area (Å²) in [5, 5.41) is 4.80. The standard InChI is InChI=1S/C12H13BrClN3O/c1-3-9-11(15)12(17(2)16-9)18-10-5-4-7(13)6-8(10)14/h4-6H,3,15H2,1-2H3. The van der Waals surface area contributed by atoms with Crippen LogP contribution in [0.1, 0.15) is 12.6 Å². The molecule has 0 aliphatic carbocycles. The van der Waals surface area contributed by atoms with E-state index in [1.165, 1.54) is 0 Å². The van der Waals surface area contributed by atoms with Gasteiger partial charge in [-0.3, -0.25) is 0 Å². The molecule has 0 fully saturated rings. The van der Waals surface area contributed by atoms with Crippen LogP contribution in [0.2, 0.25) is 5.02 Å². The van der Waals surface area contributed by atoms with E-state index >= 15 is 0 Å². The van der Waals surface area contributed by atoms with Gasteiger partial charge < -0.3 is 10.5 Å². The number of nitrogen functional groups attached to an aromatic ring is 1. The highest BCUT2D eigenvalue weighted by Gasteiger charge is 2.15. The van der Waals surface area contributed by atoms with Gasteiger partial charge in [-0.15, -0.1) is 0 Å². The molecule has 0 bridgehead atoms. The van der Waals surface area contributed by atoms with E-state index in [9.17, 15) is 0 Å². The van der Waals surface area contributed by atoms with E-state index in [1.54, 1.807) is 23.9 Å². The van der Waals surface area contributed by atoms with Crippen molar-refractivity contribution < 1.29 is 4.74 Å². The Morgan fingerprint density at radius 2 is 2.22 bits per heavy atom. The summed E-state index contributed by atoms with van der Waals surface area (Å²) in [4.78, 5) is 0. The van der Waals surface area contributed by atoms with Crippen LogP contribution in [0.25, 0.3) is 0 Å². The van der Waals surface area contributed by atoms with E-state index in [0.29, 0.717) is 22.3 Å². The number of nitrogens with two attached hydrogens (primary N) is 1. The van der Waals surface area contributed by atoms with Crippen molar-refractivity contribution in [2.24, 2.45) is 7.05 Å². The Bertz CT molecular complexity index is 583. The van der Waals surface area contributed by atoms with Gasteiger partial charge in [0, 0.05) is 11.5 Å². The molecule has 0 atom stereocenters. The van der Waals surface area contributed by atoms with Crippen LogP contribution >= 0.6 is 27.5 Å². The maximum atomic E-state index is 6.10. The van der Waals surface area contributed by atoms with Gasteiger partial charge in [0.2, 0.25) is 5.88 Å². The number of benzene rings is 1. The minimum absolute atomic E-state index is 0.510. The minimum Gasteiger partial charge on any atom is -0.436 e. The second-order valence-electron chi connectivity index (χ2n) is 3.82. The molecule has 0 unspecified atom stereocenters. The van der Waals surface area contributed by atoms with Gasteiger partial charge in [-0.05, 0) is 24.6 Å². The second-order valence-corrected chi connectivity index (χ2v) is 5.14. The van der Waals surface area contributed by atoms with Crippen LogP contribution in [0.3, 0.4) is 0 Å². The van der Waals surface area contributed by atoms with E-state index in [-0.39, 0.29) is 0 Å². The van der Waals surface area contributed by atoms with Crippen molar-refractivity contribution in [3.8, 4) is 11.6 Å². The lowest BCUT2D eigenvalue weighted by molar-refractivity contribution is 0.432. The van der Waals surface area contributed by atoms with E-state index in [1.807, 2.05) is 13.0 Å². The number of halogens is 2. The molecule has 2 N–H and O–H groups in total. The van der Waals surface area contributed by atoms with Gasteiger partial charge in [0.05, 0.1) is 10.7 Å². The largest absolute Gasteiger partial charge is 0.436 e. The number of nitrogens with zero attached hydrogens (tertiary/aromatic N) is 2. The van der Waals surface area contributed by atoms with Crippen molar-refractivity contribution in [2.75, 3.05) is 5.73 Å². The number of aryl methyl sites for hydroxylation is 2. The predicted molar refractivity (Wildman–Crippen MR) is 76.2 cm³/mol. The van der Waals surface area contributed by atoms with Crippen molar-refractivity contribution in [3.63, 3.8) is 0 Å². The zero-order valence-electron chi connectivity index (χ0n) is 10.1. The van der Waals surface area contributed by atoms with Crippen molar-refractivity contribution in [3.05, 3.63) is 33.4 Å². The molecule has 1 heterocycles. The molecule has 2 aromatic rings. The first-order chi connectivity index (χ1) is 8.52. The molecule has 0 saturated carbocycles. The Labute approximate surface area is 119 Å². The van der Waals surface area contributed by atoms with Crippen molar-refractivity contribution in [1.82, 2.24) is 9.78 Å². The SMILES string of the molecule is CCc1nn(C)c(Oc2ccc(Br)cc2Cl)c1N. The van der Waals surface area contributed by atoms with Crippen LogP contribution < -0.4 is 10.5 Å². The zero-order valence-corrected chi connectivity index (χ0v) is 12.4. The second kappa shape index (κ2) is 5.20. The fourth-order valence-electron chi connectivity index (χ4n) is 1.62. The van der Waals surface area contributed by atoms with Crippen LogP contribution in [-0.2, 0) is 13.5 Å². The first-order valence-corrected chi connectivity index (χ1v) is 6.64. The molecule has 4 nitrogen and oxygen atoms in total. The predicted octanol–water partition coefficient (Wildman–Crippen LogP) is 3.77. The third-order valence-corrected chi connectivity index (χ3v) is 3.33. The molecule has 96 valence electrons. The van der Waals surface area contributed by atoms with Gasteiger partial charge in [0.1, 0.15) is 11.4 Å². The smallest absolute Gasteiger partial charge is 0.241 e. The number of anilines is 1. The third-order valence-electron chi connectivity index (χ3n) is 2.54. The summed E-state index contributed by atoms with van der Waals surface area (Å²) in [7, 11) is 1.79.